The van der Waals surface area contributed by atoms with E-state index in [2.05, 4.69) is 54.8 Å². The lowest BCUT2D eigenvalue weighted by atomic mass is 10.0. The summed E-state index contributed by atoms with van der Waals surface area (Å²) in [6, 6.07) is 15.8. The molecule has 1 fully saturated rings. The zero-order valence-corrected chi connectivity index (χ0v) is 14.1. The molecule has 0 bridgehead atoms. The van der Waals surface area contributed by atoms with Gasteiger partial charge in [-0.05, 0) is 61.4 Å². The van der Waals surface area contributed by atoms with Crippen molar-refractivity contribution in [3.63, 3.8) is 0 Å². The molecule has 2 heteroatoms. The number of fused-ring (bicyclic) bond motifs is 2. The van der Waals surface area contributed by atoms with E-state index < -0.39 is 0 Å². The lowest BCUT2D eigenvalue weighted by Crippen LogP contribution is -2.46. The predicted octanol–water partition coefficient (Wildman–Crippen LogP) is 4.66. The highest BCUT2D eigenvalue weighted by Gasteiger charge is 2.25. The first-order valence-corrected chi connectivity index (χ1v) is 9.02. The van der Waals surface area contributed by atoms with Gasteiger partial charge in [0, 0.05) is 16.9 Å². The van der Waals surface area contributed by atoms with Crippen LogP contribution < -0.4 is 5.32 Å². The molecular weight excluding hydrogens is 280 g/mol. The van der Waals surface area contributed by atoms with Gasteiger partial charge in [0.15, 0.2) is 0 Å². The van der Waals surface area contributed by atoms with E-state index in [1.165, 1.54) is 71.4 Å². The number of nitrogens with zero attached hydrogens (tertiary/aromatic N) is 1. The third-order valence-electron chi connectivity index (χ3n) is 5.58. The summed E-state index contributed by atoms with van der Waals surface area (Å²) in [5.74, 6) is 0. The molecule has 120 valence electrons. The van der Waals surface area contributed by atoms with E-state index in [0.29, 0.717) is 0 Å². The highest BCUT2D eigenvalue weighted by atomic mass is 15.3. The fourth-order valence-electron chi connectivity index (χ4n) is 4.22. The molecule has 2 heterocycles. The molecule has 0 aromatic heterocycles. The zero-order valence-electron chi connectivity index (χ0n) is 14.1. The van der Waals surface area contributed by atoms with Gasteiger partial charge in [-0.1, -0.05) is 24.3 Å². The Bertz CT molecular complexity index is 699. The normalized spacial score (nSPS) is 19.2. The van der Waals surface area contributed by atoms with E-state index in [1.807, 2.05) is 0 Å². The largest absolute Gasteiger partial charge is 0.355 e. The van der Waals surface area contributed by atoms with Gasteiger partial charge in [0.25, 0.3) is 0 Å². The molecule has 1 N–H and O–H groups in total. The van der Waals surface area contributed by atoms with Crippen LogP contribution in [0, 0.1) is 0 Å². The fourth-order valence-corrected chi connectivity index (χ4v) is 4.22. The summed E-state index contributed by atoms with van der Waals surface area (Å²) >= 11 is 0. The molecule has 2 nitrogen and oxygen atoms in total. The summed E-state index contributed by atoms with van der Waals surface area (Å²) in [6.07, 6.45) is 6.46. The Morgan fingerprint density at radius 1 is 0.870 bits per heavy atom. The smallest absolute Gasteiger partial charge is 0.104 e. The molecule has 2 aromatic carbocycles. The number of nitrogens with one attached hydrogen (secondary N) is 1. The third-order valence-corrected chi connectivity index (χ3v) is 5.58. The summed E-state index contributed by atoms with van der Waals surface area (Å²) in [4.78, 5) is 0. The molecule has 0 spiro atoms. The second-order valence-corrected chi connectivity index (χ2v) is 7.56. The van der Waals surface area contributed by atoms with Gasteiger partial charge in [0.05, 0.1) is 20.1 Å². The minimum Gasteiger partial charge on any atom is -0.355 e. The van der Waals surface area contributed by atoms with Crippen molar-refractivity contribution >= 4 is 11.4 Å². The lowest BCUT2D eigenvalue weighted by Gasteiger charge is -2.38. The number of anilines is 2. The summed E-state index contributed by atoms with van der Waals surface area (Å²) in [7, 11) is 2.43. The van der Waals surface area contributed by atoms with E-state index >= 15 is 0 Å². The third kappa shape index (κ3) is 3.13. The number of aryl methyl sites for hydroxylation is 2. The van der Waals surface area contributed by atoms with Crippen molar-refractivity contribution in [1.29, 1.82) is 0 Å². The van der Waals surface area contributed by atoms with Crippen LogP contribution in [-0.2, 0) is 19.4 Å². The Morgan fingerprint density at radius 2 is 1.61 bits per heavy atom. The molecule has 0 saturated carbocycles. The van der Waals surface area contributed by atoms with Crippen LogP contribution in [0.2, 0.25) is 0 Å². The Kier molecular flexibility index (Phi) is 3.86. The second kappa shape index (κ2) is 6.01. The van der Waals surface area contributed by atoms with Gasteiger partial charge in [0.1, 0.15) is 6.54 Å². The monoisotopic (exact) mass is 307 g/mol. The lowest BCUT2D eigenvalue weighted by molar-refractivity contribution is -0.926. The number of hydrogen-bond donors (Lipinski definition) is 1. The number of rotatable bonds is 2. The number of piperidine rings is 1. The molecule has 2 aliphatic heterocycles. The SMILES string of the molecule is C[N+]1(Cc2ccc3c(c2)CCc2ccccc2N3)CCCCC1. The van der Waals surface area contributed by atoms with Gasteiger partial charge in [-0.15, -0.1) is 0 Å². The van der Waals surface area contributed by atoms with E-state index in [9.17, 15) is 0 Å². The van der Waals surface area contributed by atoms with Crippen LogP contribution in [0.5, 0.6) is 0 Å². The zero-order chi connectivity index (χ0) is 15.7. The van der Waals surface area contributed by atoms with Crippen LogP contribution in [0.1, 0.15) is 36.0 Å². The van der Waals surface area contributed by atoms with E-state index in [-0.39, 0.29) is 0 Å². The van der Waals surface area contributed by atoms with Gasteiger partial charge in [-0.3, -0.25) is 0 Å². The first kappa shape index (κ1) is 14.8. The molecule has 2 aliphatic rings. The van der Waals surface area contributed by atoms with Crippen LogP contribution in [0.25, 0.3) is 0 Å². The van der Waals surface area contributed by atoms with Crippen molar-refractivity contribution in [2.75, 3.05) is 25.5 Å². The van der Waals surface area contributed by atoms with Crippen molar-refractivity contribution < 1.29 is 4.48 Å². The van der Waals surface area contributed by atoms with Gasteiger partial charge >= 0.3 is 0 Å². The Morgan fingerprint density at radius 3 is 2.48 bits per heavy atom. The quantitative estimate of drug-likeness (QED) is 0.796. The van der Waals surface area contributed by atoms with E-state index in [4.69, 9.17) is 0 Å². The van der Waals surface area contributed by atoms with Gasteiger partial charge in [-0.2, -0.15) is 0 Å². The average molecular weight is 307 g/mol. The molecule has 1 saturated heterocycles. The summed E-state index contributed by atoms with van der Waals surface area (Å²) < 4.78 is 1.21. The van der Waals surface area contributed by atoms with Crippen LogP contribution in [0.3, 0.4) is 0 Å². The van der Waals surface area contributed by atoms with Crippen molar-refractivity contribution in [1.82, 2.24) is 0 Å². The maximum Gasteiger partial charge on any atom is 0.104 e. The van der Waals surface area contributed by atoms with Crippen molar-refractivity contribution in [2.45, 2.75) is 38.6 Å². The summed E-state index contributed by atoms with van der Waals surface area (Å²) in [5, 5.41) is 3.64. The predicted molar refractivity (Wildman–Crippen MR) is 97.0 cm³/mol. The van der Waals surface area contributed by atoms with Crippen LogP contribution in [-0.4, -0.2) is 24.6 Å². The Balaban J connectivity index is 1.57. The first-order chi connectivity index (χ1) is 11.2. The number of para-hydroxylation sites is 1. The number of quaternary nitrogens is 1. The van der Waals surface area contributed by atoms with Crippen LogP contribution in [0.4, 0.5) is 11.4 Å². The Hall–Kier alpha value is -1.80. The van der Waals surface area contributed by atoms with Crippen molar-refractivity contribution in [3.05, 3.63) is 59.2 Å². The van der Waals surface area contributed by atoms with E-state index in [1.54, 1.807) is 0 Å². The number of likely N-dealkylation sites (tertiary alicyclic amines) is 1. The maximum atomic E-state index is 3.64. The van der Waals surface area contributed by atoms with Crippen LogP contribution >= 0.6 is 0 Å². The molecule has 0 aliphatic carbocycles. The van der Waals surface area contributed by atoms with Crippen molar-refractivity contribution in [2.24, 2.45) is 0 Å². The molecule has 0 atom stereocenters. The molecular formula is C21H27N2+. The van der Waals surface area contributed by atoms with Gasteiger partial charge in [0.2, 0.25) is 0 Å². The molecule has 2 aromatic rings. The maximum absolute atomic E-state index is 3.64. The van der Waals surface area contributed by atoms with Gasteiger partial charge < -0.3 is 9.80 Å². The second-order valence-electron chi connectivity index (χ2n) is 7.56. The molecule has 0 radical (unpaired) electrons. The minimum absolute atomic E-state index is 1.13. The standard InChI is InChI=1S/C21H27N2/c1-23(13-5-2-6-14-23)16-17-9-12-21-19(15-17)11-10-18-7-3-4-8-20(18)22-21/h3-4,7-9,12,15,22H,2,5-6,10-11,13-14,16H2,1H3/q+1. The molecule has 4 rings (SSSR count). The summed E-state index contributed by atoms with van der Waals surface area (Å²) in [5.41, 5.74) is 6.97. The highest BCUT2D eigenvalue weighted by molar-refractivity contribution is 5.68. The van der Waals surface area contributed by atoms with Gasteiger partial charge in [-0.25, -0.2) is 0 Å². The van der Waals surface area contributed by atoms with Crippen LogP contribution in [0.15, 0.2) is 42.5 Å². The number of benzene rings is 2. The fraction of sp³-hybridized carbons (Fsp3) is 0.429. The molecule has 0 unspecified atom stereocenters. The molecule has 0 amide bonds. The highest BCUT2D eigenvalue weighted by Crippen LogP contribution is 2.31. The van der Waals surface area contributed by atoms with E-state index in [0.717, 1.165) is 12.8 Å². The number of hydrogen-bond acceptors (Lipinski definition) is 1. The topological polar surface area (TPSA) is 12.0 Å². The summed E-state index contributed by atoms with van der Waals surface area (Å²) in [6.45, 7) is 3.85. The molecule has 23 heavy (non-hydrogen) atoms. The minimum atomic E-state index is 1.13. The average Bonchev–Trinajstić information content (AvgIpc) is 2.74. The Labute approximate surface area is 139 Å². The van der Waals surface area contributed by atoms with Crippen molar-refractivity contribution in [3.8, 4) is 0 Å². The first-order valence-electron chi connectivity index (χ1n) is 9.02.